The van der Waals surface area contributed by atoms with E-state index in [0.29, 0.717) is 40.0 Å². The maximum absolute atomic E-state index is 12.9. The predicted octanol–water partition coefficient (Wildman–Crippen LogP) is 4.51. The largest absolute Gasteiger partial charge is 0.390 e. The summed E-state index contributed by atoms with van der Waals surface area (Å²) in [6.07, 6.45) is 0.285. The summed E-state index contributed by atoms with van der Waals surface area (Å²) in [6.45, 7) is 12.9. The molecule has 0 spiro atoms. The molecule has 0 saturated heterocycles. The van der Waals surface area contributed by atoms with Gasteiger partial charge < -0.3 is 14.9 Å². The summed E-state index contributed by atoms with van der Waals surface area (Å²) in [4.78, 5) is 17.3. The van der Waals surface area contributed by atoms with Crippen LogP contribution in [0.15, 0.2) is 10.3 Å². The molecule has 2 aromatic rings. The minimum absolute atomic E-state index is 0.102. The van der Waals surface area contributed by atoms with Crippen LogP contribution in [0, 0.1) is 0 Å². The number of hydrogen-bond acceptors (Lipinski definition) is 7. The van der Waals surface area contributed by atoms with Gasteiger partial charge in [-0.05, 0) is 53.5 Å². The molecule has 3 rings (SSSR count). The highest BCUT2D eigenvalue weighted by Gasteiger charge is 2.27. The lowest BCUT2D eigenvalue weighted by Crippen LogP contribution is -2.21. The van der Waals surface area contributed by atoms with E-state index >= 15 is 0 Å². The number of aliphatic hydroxyl groups excluding tert-OH is 1. The Morgan fingerprint density at radius 1 is 1.29 bits per heavy atom. The number of ether oxygens (including phenoxy) is 1. The third-order valence-corrected chi connectivity index (χ3v) is 7.80. The van der Waals surface area contributed by atoms with Gasteiger partial charge in [0.05, 0.1) is 31.9 Å². The fourth-order valence-electron chi connectivity index (χ4n) is 3.92. The van der Waals surface area contributed by atoms with Crippen LogP contribution >= 0.6 is 23.3 Å². The predicted molar refractivity (Wildman–Crippen MR) is 124 cm³/mol. The molecule has 170 valence electrons. The zero-order valence-corrected chi connectivity index (χ0v) is 20.7. The number of hydrogen-bond donors (Lipinski definition) is 3. The molecule has 0 radical (unpaired) electrons. The average molecular weight is 465 g/mol. The monoisotopic (exact) mass is 464 g/mol. The van der Waals surface area contributed by atoms with Gasteiger partial charge in [0.1, 0.15) is 14.8 Å². The molecule has 0 bridgehead atoms. The number of nitrogens with one attached hydrogen (secondary N) is 1. The van der Waals surface area contributed by atoms with Crippen LogP contribution in [0.2, 0.25) is 0 Å². The second-order valence-electron chi connectivity index (χ2n) is 9.07. The number of carbonyl (C=O) groups excluding carboxylic acids is 1. The summed E-state index contributed by atoms with van der Waals surface area (Å²) < 4.78 is 9.30. The Bertz CT molecular complexity index is 961. The Kier molecular flexibility index (Phi) is 7.48. The molecular weight excluding hydrogens is 432 g/mol. The summed E-state index contributed by atoms with van der Waals surface area (Å²) in [5.74, 6) is 0.492. The highest BCUT2D eigenvalue weighted by Crippen LogP contribution is 2.37. The summed E-state index contributed by atoms with van der Waals surface area (Å²) >= 11 is 2.43. The van der Waals surface area contributed by atoms with Crippen molar-refractivity contribution in [3.05, 3.63) is 44.6 Å². The maximum atomic E-state index is 12.9. The fourth-order valence-corrected chi connectivity index (χ4v) is 5.77. The van der Waals surface area contributed by atoms with Crippen LogP contribution in [0.3, 0.4) is 0 Å². The topological polar surface area (TPSA) is 91.7 Å². The first-order valence-corrected chi connectivity index (χ1v) is 12.2. The summed E-state index contributed by atoms with van der Waals surface area (Å²) in [6, 6.07) is 2.21. The van der Waals surface area contributed by atoms with E-state index in [2.05, 4.69) is 43.5 Å². The molecule has 0 atom stereocenters. The number of aromatic nitrogens is 1. The molecule has 1 aromatic carbocycles. The molecule has 1 aliphatic rings. The minimum Gasteiger partial charge on any atom is -0.390 e. The summed E-state index contributed by atoms with van der Waals surface area (Å²) in [7, 11) is 0. The van der Waals surface area contributed by atoms with E-state index in [4.69, 9.17) is 4.74 Å². The number of thiazole rings is 1. The number of fused-ring (bicyclic) bond motifs is 1. The number of nitrogens with zero attached hydrogens (tertiary/aromatic N) is 1. The van der Waals surface area contributed by atoms with Gasteiger partial charge in [0.2, 0.25) is 5.91 Å². The van der Waals surface area contributed by atoms with Crippen molar-refractivity contribution < 1.29 is 19.7 Å². The molecular formula is C23H32N2O4S2. The van der Waals surface area contributed by atoms with Crippen molar-refractivity contribution in [2.75, 3.05) is 0 Å². The molecule has 0 saturated carbocycles. The van der Waals surface area contributed by atoms with Gasteiger partial charge in [-0.2, -0.15) is 0 Å². The standard InChI is InChI=1S/C23H32N2O4S2/c1-12(2)15-7-14-10-29-11-17(14)20(13(3)4)16(15)8-19(27)25-31-21-18(9-26)24-22(30-21)23(5,6)28/h7,12-13,26,28H,8-11H2,1-6H3,(H,25,27). The van der Waals surface area contributed by atoms with Crippen molar-refractivity contribution in [3.63, 3.8) is 0 Å². The van der Waals surface area contributed by atoms with E-state index in [1.807, 2.05) is 0 Å². The molecule has 1 aliphatic heterocycles. The number of aliphatic hydroxyl groups is 2. The van der Waals surface area contributed by atoms with Gasteiger partial charge in [-0.15, -0.1) is 11.3 Å². The van der Waals surface area contributed by atoms with Crippen molar-refractivity contribution in [3.8, 4) is 0 Å². The van der Waals surface area contributed by atoms with Crippen LogP contribution in [-0.2, 0) is 41.4 Å². The number of rotatable bonds is 8. The van der Waals surface area contributed by atoms with Crippen LogP contribution in [0.1, 0.15) is 91.9 Å². The quantitative estimate of drug-likeness (QED) is 0.498. The molecule has 0 unspecified atom stereocenters. The van der Waals surface area contributed by atoms with Gasteiger partial charge in [0.15, 0.2) is 0 Å². The minimum atomic E-state index is -1.10. The van der Waals surface area contributed by atoms with Crippen LogP contribution in [0.4, 0.5) is 0 Å². The van der Waals surface area contributed by atoms with Gasteiger partial charge in [0, 0.05) is 11.9 Å². The van der Waals surface area contributed by atoms with E-state index in [-0.39, 0.29) is 18.9 Å². The summed E-state index contributed by atoms with van der Waals surface area (Å²) in [5.41, 5.74) is 5.37. The van der Waals surface area contributed by atoms with E-state index in [9.17, 15) is 15.0 Å². The van der Waals surface area contributed by atoms with Crippen LogP contribution in [-0.4, -0.2) is 21.1 Å². The zero-order valence-electron chi connectivity index (χ0n) is 19.0. The van der Waals surface area contributed by atoms with Gasteiger partial charge in [-0.1, -0.05) is 33.8 Å². The normalized spacial score (nSPS) is 13.9. The van der Waals surface area contributed by atoms with E-state index in [0.717, 1.165) is 17.5 Å². The fraction of sp³-hybridized carbons (Fsp3) is 0.565. The molecule has 8 heteroatoms. The Hall–Kier alpha value is -1.45. The second-order valence-corrected chi connectivity index (χ2v) is 11.1. The van der Waals surface area contributed by atoms with Crippen molar-refractivity contribution in [1.29, 1.82) is 0 Å². The molecule has 1 amide bonds. The second kappa shape index (κ2) is 9.58. The van der Waals surface area contributed by atoms with Crippen LogP contribution in [0.5, 0.6) is 0 Å². The molecule has 31 heavy (non-hydrogen) atoms. The van der Waals surface area contributed by atoms with Gasteiger partial charge in [-0.3, -0.25) is 9.52 Å². The first-order valence-electron chi connectivity index (χ1n) is 10.6. The third kappa shape index (κ3) is 5.31. The van der Waals surface area contributed by atoms with Gasteiger partial charge in [0.25, 0.3) is 0 Å². The highest BCUT2D eigenvalue weighted by molar-refractivity contribution is 7.99. The maximum Gasteiger partial charge on any atom is 0.234 e. The van der Waals surface area contributed by atoms with Crippen LogP contribution in [0.25, 0.3) is 0 Å². The van der Waals surface area contributed by atoms with Crippen molar-refractivity contribution in [2.45, 2.75) is 89.4 Å². The lowest BCUT2D eigenvalue weighted by molar-refractivity contribution is -0.118. The van der Waals surface area contributed by atoms with Crippen molar-refractivity contribution >= 4 is 29.2 Å². The molecule has 6 nitrogen and oxygen atoms in total. The lowest BCUT2D eigenvalue weighted by Gasteiger charge is -2.23. The molecule has 1 aromatic heterocycles. The van der Waals surface area contributed by atoms with Crippen LogP contribution < -0.4 is 4.72 Å². The Balaban J connectivity index is 1.84. The number of carbonyl (C=O) groups is 1. The molecule has 0 aliphatic carbocycles. The van der Waals surface area contributed by atoms with Crippen molar-refractivity contribution in [2.24, 2.45) is 0 Å². The Morgan fingerprint density at radius 3 is 2.58 bits per heavy atom. The van der Waals surface area contributed by atoms with Gasteiger partial charge >= 0.3 is 0 Å². The molecule has 3 N–H and O–H groups in total. The zero-order chi connectivity index (χ0) is 22.9. The third-order valence-electron chi connectivity index (χ3n) is 5.35. The Labute approximate surface area is 192 Å². The SMILES string of the molecule is CC(C)c1cc2c(c(C(C)C)c1CC(=O)NSc1sc(C(C)(C)O)nc1CO)COC2. The first-order chi connectivity index (χ1) is 14.5. The summed E-state index contributed by atoms with van der Waals surface area (Å²) in [5, 5.41) is 20.3. The lowest BCUT2D eigenvalue weighted by atomic mass is 9.82. The molecule has 2 heterocycles. The smallest absolute Gasteiger partial charge is 0.234 e. The van der Waals surface area contributed by atoms with Gasteiger partial charge in [-0.25, -0.2) is 4.98 Å². The average Bonchev–Trinajstić information content (AvgIpc) is 3.31. The van der Waals surface area contributed by atoms with E-state index in [1.165, 1.54) is 33.6 Å². The number of benzene rings is 1. The Morgan fingerprint density at radius 2 is 2.00 bits per heavy atom. The molecule has 0 fully saturated rings. The van der Waals surface area contributed by atoms with E-state index in [1.54, 1.807) is 13.8 Å². The van der Waals surface area contributed by atoms with Crippen molar-refractivity contribution in [1.82, 2.24) is 9.71 Å². The first kappa shape index (κ1) is 24.2. The highest BCUT2D eigenvalue weighted by atomic mass is 32.2. The van der Waals surface area contributed by atoms with E-state index < -0.39 is 5.60 Å². The number of amides is 1.